The van der Waals surface area contributed by atoms with Gasteiger partial charge in [0.25, 0.3) is 0 Å². The van der Waals surface area contributed by atoms with Crippen molar-refractivity contribution in [1.29, 1.82) is 0 Å². The standard InChI is InChI=1S/2C7H8.C6H7BO2/c2*1-7-5-3-2-4-6-7;8-7(9)6-4-2-1-3-5-6/h2*2-6H,1H3;1-5,8-9H. The molecule has 0 saturated carbocycles. The van der Waals surface area contributed by atoms with E-state index in [2.05, 4.69) is 38.1 Å². The average Bonchev–Trinajstić information content (AvgIpc) is 2.58. The molecule has 0 amide bonds. The molecule has 0 spiro atoms. The van der Waals surface area contributed by atoms with Crippen LogP contribution in [0.1, 0.15) is 11.1 Å². The van der Waals surface area contributed by atoms with Crippen molar-refractivity contribution in [3.05, 3.63) is 102 Å². The van der Waals surface area contributed by atoms with Crippen LogP contribution in [-0.2, 0) is 0 Å². The summed E-state index contributed by atoms with van der Waals surface area (Å²) in [6, 6.07) is 29.2. The lowest BCUT2D eigenvalue weighted by atomic mass is 9.81. The lowest BCUT2D eigenvalue weighted by molar-refractivity contribution is 0.426. The highest BCUT2D eigenvalue weighted by molar-refractivity contribution is 6.58. The van der Waals surface area contributed by atoms with Gasteiger partial charge in [-0.15, -0.1) is 0 Å². The van der Waals surface area contributed by atoms with Gasteiger partial charge in [0.05, 0.1) is 0 Å². The summed E-state index contributed by atoms with van der Waals surface area (Å²) in [5.41, 5.74) is 3.17. The summed E-state index contributed by atoms with van der Waals surface area (Å²) in [5, 5.41) is 17.2. The number of benzene rings is 3. The third-order valence-electron chi connectivity index (χ3n) is 2.98. The Kier molecular flexibility index (Phi) is 9.14. The highest BCUT2D eigenvalue weighted by atomic mass is 16.4. The summed E-state index contributed by atoms with van der Waals surface area (Å²) in [4.78, 5) is 0. The van der Waals surface area contributed by atoms with Gasteiger partial charge in [-0.25, -0.2) is 0 Å². The minimum absolute atomic E-state index is 0.525. The van der Waals surface area contributed by atoms with Crippen LogP contribution in [0.5, 0.6) is 0 Å². The third-order valence-corrected chi connectivity index (χ3v) is 2.98. The van der Waals surface area contributed by atoms with Gasteiger partial charge < -0.3 is 10.0 Å². The molecule has 2 nitrogen and oxygen atoms in total. The number of aryl methyl sites for hydroxylation is 2. The second kappa shape index (κ2) is 11.2. The molecule has 3 rings (SSSR count). The van der Waals surface area contributed by atoms with Crippen LogP contribution >= 0.6 is 0 Å². The van der Waals surface area contributed by atoms with E-state index in [1.165, 1.54) is 11.1 Å². The zero-order valence-electron chi connectivity index (χ0n) is 13.6. The molecule has 0 aromatic heterocycles. The minimum atomic E-state index is -1.34. The molecular formula is C20H23BO2. The lowest BCUT2D eigenvalue weighted by Crippen LogP contribution is -2.29. The molecule has 3 aromatic rings. The average molecular weight is 306 g/mol. The summed E-state index contributed by atoms with van der Waals surface area (Å²) in [7, 11) is -1.34. The van der Waals surface area contributed by atoms with Gasteiger partial charge in [0.2, 0.25) is 0 Å². The lowest BCUT2D eigenvalue weighted by Gasteiger charge is -1.94. The monoisotopic (exact) mass is 306 g/mol. The summed E-state index contributed by atoms with van der Waals surface area (Å²) in [6.45, 7) is 4.17. The van der Waals surface area contributed by atoms with Crippen molar-refractivity contribution in [1.82, 2.24) is 0 Å². The highest BCUT2D eigenvalue weighted by Crippen LogP contribution is 1.92. The first-order valence-corrected chi connectivity index (χ1v) is 7.54. The van der Waals surface area contributed by atoms with Crippen LogP contribution in [-0.4, -0.2) is 17.2 Å². The summed E-state index contributed by atoms with van der Waals surface area (Å²) in [5.74, 6) is 0. The van der Waals surface area contributed by atoms with Crippen LogP contribution in [0.4, 0.5) is 0 Å². The Morgan fingerprint density at radius 2 is 0.826 bits per heavy atom. The van der Waals surface area contributed by atoms with Crippen molar-refractivity contribution in [3.8, 4) is 0 Å². The Balaban J connectivity index is 0.000000175. The van der Waals surface area contributed by atoms with Crippen molar-refractivity contribution in [3.63, 3.8) is 0 Å². The van der Waals surface area contributed by atoms with Crippen LogP contribution in [0.25, 0.3) is 0 Å². The first-order valence-electron chi connectivity index (χ1n) is 7.54. The van der Waals surface area contributed by atoms with Gasteiger partial charge in [0.1, 0.15) is 0 Å². The molecule has 0 radical (unpaired) electrons. The fraction of sp³-hybridized carbons (Fsp3) is 0.100. The Morgan fingerprint density at radius 3 is 1.00 bits per heavy atom. The molecule has 0 aliphatic carbocycles. The molecule has 3 aromatic carbocycles. The van der Waals surface area contributed by atoms with Crippen LogP contribution in [0.15, 0.2) is 91.0 Å². The zero-order chi connectivity index (χ0) is 16.9. The largest absolute Gasteiger partial charge is 0.488 e. The third kappa shape index (κ3) is 9.30. The molecule has 0 aliphatic rings. The number of hydrogen-bond acceptors (Lipinski definition) is 2. The van der Waals surface area contributed by atoms with Crippen LogP contribution in [0.2, 0.25) is 0 Å². The van der Waals surface area contributed by atoms with Crippen molar-refractivity contribution in [2.24, 2.45) is 0 Å². The van der Waals surface area contributed by atoms with Gasteiger partial charge in [-0.2, -0.15) is 0 Å². The zero-order valence-corrected chi connectivity index (χ0v) is 13.6. The van der Waals surface area contributed by atoms with Crippen LogP contribution < -0.4 is 5.46 Å². The van der Waals surface area contributed by atoms with E-state index in [0.717, 1.165) is 0 Å². The molecule has 0 aliphatic heterocycles. The Bertz CT molecular complexity index is 588. The van der Waals surface area contributed by atoms with E-state index < -0.39 is 7.12 Å². The number of hydrogen-bond donors (Lipinski definition) is 2. The normalized spacial score (nSPS) is 8.87. The summed E-state index contributed by atoms with van der Waals surface area (Å²) >= 11 is 0. The first-order chi connectivity index (χ1) is 11.1. The first kappa shape index (κ1) is 18.7. The van der Waals surface area contributed by atoms with E-state index in [0.29, 0.717) is 5.46 Å². The van der Waals surface area contributed by atoms with E-state index in [9.17, 15) is 0 Å². The topological polar surface area (TPSA) is 40.5 Å². The maximum absolute atomic E-state index is 8.58. The molecule has 0 atom stereocenters. The van der Waals surface area contributed by atoms with Gasteiger partial charge >= 0.3 is 7.12 Å². The summed E-state index contributed by atoms with van der Waals surface area (Å²) in [6.07, 6.45) is 0. The second-order valence-electron chi connectivity index (χ2n) is 5.09. The van der Waals surface area contributed by atoms with Crippen LogP contribution in [0, 0.1) is 13.8 Å². The van der Waals surface area contributed by atoms with Gasteiger partial charge in [0, 0.05) is 0 Å². The molecule has 0 saturated heterocycles. The van der Waals surface area contributed by atoms with E-state index in [1.54, 1.807) is 24.3 Å². The van der Waals surface area contributed by atoms with Crippen molar-refractivity contribution in [2.75, 3.05) is 0 Å². The molecule has 0 unspecified atom stereocenters. The molecule has 0 fully saturated rings. The van der Waals surface area contributed by atoms with Crippen molar-refractivity contribution >= 4 is 12.6 Å². The maximum atomic E-state index is 8.58. The molecular weight excluding hydrogens is 283 g/mol. The van der Waals surface area contributed by atoms with Gasteiger partial charge in [0.15, 0.2) is 0 Å². The van der Waals surface area contributed by atoms with Crippen molar-refractivity contribution < 1.29 is 10.0 Å². The van der Waals surface area contributed by atoms with Gasteiger partial charge in [-0.1, -0.05) is 102 Å². The molecule has 0 heterocycles. The van der Waals surface area contributed by atoms with E-state index in [1.807, 2.05) is 42.5 Å². The minimum Gasteiger partial charge on any atom is -0.423 e. The van der Waals surface area contributed by atoms with E-state index in [-0.39, 0.29) is 0 Å². The van der Waals surface area contributed by atoms with Gasteiger partial charge in [-0.3, -0.25) is 0 Å². The Morgan fingerprint density at radius 1 is 0.522 bits per heavy atom. The fourth-order valence-corrected chi connectivity index (χ4v) is 1.69. The van der Waals surface area contributed by atoms with E-state index in [4.69, 9.17) is 10.0 Å². The smallest absolute Gasteiger partial charge is 0.423 e. The second-order valence-corrected chi connectivity index (χ2v) is 5.09. The highest BCUT2D eigenvalue weighted by Gasteiger charge is 2.07. The summed E-state index contributed by atoms with van der Waals surface area (Å²) < 4.78 is 0. The molecule has 3 heteroatoms. The van der Waals surface area contributed by atoms with Gasteiger partial charge in [-0.05, 0) is 19.3 Å². The molecule has 2 N–H and O–H groups in total. The molecule has 0 bridgehead atoms. The molecule has 23 heavy (non-hydrogen) atoms. The predicted octanol–water partition coefficient (Wildman–Crippen LogP) is 3.36. The SMILES string of the molecule is Cc1ccccc1.Cc1ccccc1.OB(O)c1ccccc1. The van der Waals surface area contributed by atoms with Crippen LogP contribution in [0.3, 0.4) is 0 Å². The Labute approximate surface area is 139 Å². The van der Waals surface area contributed by atoms with E-state index >= 15 is 0 Å². The predicted molar refractivity (Wildman–Crippen MR) is 98.6 cm³/mol. The Hall–Kier alpha value is -2.36. The molecule has 118 valence electrons. The maximum Gasteiger partial charge on any atom is 0.488 e. The number of rotatable bonds is 1. The quantitative estimate of drug-likeness (QED) is 0.677. The fourth-order valence-electron chi connectivity index (χ4n) is 1.69. The van der Waals surface area contributed by atoms with Crippen molar-refractivity contribution in [2.45, 2.75) is 13.8 Å².